The second-order valence-electron chi connectivity index (χ2n) is 7.24. The number of likely N-dealkylation sites (tertiary alicyclic amines) is 1. The summed E-state index contributed by atoms with van der Waals surface area (Å²) in [5.41, 5.74) is 2.21. The van der Waals surface area contributed by atoms with Crippen LogP contribution in [-0.2, 0) is 17.6 Å². The van der Waals surface area contributed by atoms with Crippen molar-refractivity contribution in [1.82, 2.24) is 10.2 Å². The largest absolute Gasteiger partial charge is 0.504 e. The van der Waals surface area contributed by atoms with E-state index in [-0.39, 0.29) is 23.4 Å². The van der Waals surface area contributed by atoms with Gasteiger partial charge in [0.1, 0.15) is 0 Å². The number of benzene rings is 2. The van der Waals surface area contributed by atoms with E-state index in [1.807, 2.05) is 6.07 Å². The molecule has 1 aliphatic heterocycles. The molecule has 1 saturated heterocycles. The second-order valence-corrected chi connectivity index (χ2v) is 7.24. The molecule has 2 aromatic carbocycles. The van der Waals surface area contributed by atoms with Crippen LogP contribution in [0.5, 0.6) is 11.5 Å². The standard InChI is InChI=1S/C22H28N2O3/c25-20-8-6-18(16-21(20)26)7-9-22(27)23-19-11-14-24(15-12-19)13-10-17-4-2-1-3-5-17/h1-6,8,16,19,25-26H,7,9-15H2,(H,23,27). The fourth-order valence-electron chi connectivity index (χ4n) is 3.52. The van der Waals surface area contributed by atoms with Crippen molar-refractivity contribution in [1.29, 1.82) is 0 Å². The molecule has 0 unspecified atom stereocenters. The molecule has 1 fully saturated rings. The number of carbonyl (C=O) groups excluding carboxylic acids is 1. The van der Waals surface area contributed by atoms with E-state index in [1.165, 1.54) is 17.7 Å². The summed E-state index contributed by atoms with van der Waals surface area (Å²) in [5, 5.41) is 22.0. The number of nitrogens with zero attached hydrogens (tertiary/aromatic N) is 1. The molecule has 5 nitrogen and oxygen atoms in total. The summed E-state index contributed by atoms with van der Waals surface area (Å²) in [5.74, 6) is -0.233. The van der Waals surface area contributed by atoms with Crippen LogP contribution in [0.1, 0.15) is 30.4 Å². The Hall–Kier alpha value is -2.53. The molecular formula is C22H28N2O3. The third-order valence-electron chi connectivity index (χ3n) is 5.19. The number of piperidine rings is 1. The molecule has 0 atom stereocenters. The monoisotopic (exact) mass is 368 g/mol. The van der Waals surface area contributed by atoms with Crippen LogP contribution in [0.25, 0.3) is 0 Å². The van der Waals surface area contributed by atoms with Gasteiger partial charge in [0.05, 0.1) is 0 Å². The van der Waals surface area contributed by atoms with Crippen molar-refractivity contribution in [2.75, 3.05) is 19.6 Å². The molecule has 144 valence electrons. The summed E-state index contributed by atoms with van der Waals surface area (Å²) < 4.78 is 0. The van der Waals surface area contributed by atoms with Crippen LogP contribution >= 0.6 is 0 Å². The Morgan fingerprint density at radius 2 is 1.70 bits per heavy atom. The topological polar surface area (TPSA) is 72.8 Å². The number of phenolic OH excluding ortho intramolecular Hbond substituents is 2. The first-order chi connectivity index (χ1) is 13.1. The van der Waals surface area contributed by atoms with Crippen molar-refractivity contribution in [2.45, 2.75) is 38.1 Å². The van der Waals surface area contributed by atoms with E-state index in [0.29, 0.717) is 12.8 Å². The number of rotatable bonds is 7. The summed E-state index contributed by atoms with van der Waals surface area (Å²) in [7, 11) is 0. The first-order valence-electron chi connectivity index (χ1n) is 9.66. The predicted molar refractivity (Wildman–Crippen MR) is 106 cm³/mol. The Balaban J connectivity index is 1.34. The molecule has 0 aromatic heterocycles. The Morgan fingerprint density at radius 3 is 2.41 bits per heavy atom. The van der Waals surface area contributed by atoms with Gasteiger partial charge in [0.25, 0.3) is 0 Å². The molecule has 0 bridgehead atoms. The molecule has 0 spiro atoms. The number of aromatic hydroxyl groups is 2. The van der Waals surface area contributed by atoms with Crippen molar-refractivity contribution in [3.8, 4) is 11.5 Å². The molecule has 1 aliphatic rings. The lowest BCUT2D eigenvalue weighted by molar-refractivity contribution is -0.122. The third-order valence-corrected chi connectivity index (χ3v) is 5.19. The van der Waals surface area contributed by atoms with Crippen LogP contribution in [0.15, 0.2) is 48.5 Å². The molecule has 3 rings (SSSR count). The van der Waals surface area contributed by atoms with Gasteiger partial charge in [-0.05, 0) is 48.9 Å². The van der Waals surface area contributed by atoms with E-state index in [9.17, 15) is 15.0 Å². The average Bonchev–Trinajstić information content (AvgIpc) is 2.69. The zero-order valence-electron chi connectivity index (χ0n) is 15.6. The van der Waals surface area contributed by atoms with Crippen LogP contribution in [0.3, 0.4) is 0 Å². The summed E-state index contributed by atoms with van der Waals surface area (Å²) in [6, 6.07) is 15.5. The van der Waals surface area contributed by atoms with Crippen LogP contribution < -0.4 is 5.32 Å². The van der Waals surface area contributed by atoms with Gasteiger partial charge < -0.3 is 20.4 Å². The number of hydrogen-bond donors (Lipinski definition) is 3. The van der Waals surface area contributed by atoms with Gasteiger partial charge in [0.15, 0.2) is 11.5 Å². The van der Waals surface area contributed by atoms with E-state index >= 15 is 0 Å². The zero-order valence-corrected chi connectivity index (χ0v) is 15.6. The third kappa shape index (κ3) is 6.00. The van der Waals surface area contributed by atoms with Crippen LogP contribution in [-0.4, -0.2) is 46.7 Å². The first-order valence-corrected chi connectivity index (χ1v) is 9.66. The maximum atomic E-state index is 12.2. The number of carbonyl (C=O) groups is 1. The molecule has 1 heterocycles. The molecule has 0 radical (unpaired) electrons. The molecule has 2 aromatic rings. The smallest absolute Gasteiger partial charge is 0.220 e. The summed E-state index contributed by atoms with van der Waals surface area (Å²) >= 11 is 0. The highest BCUT2D eigenvalue weighted by Gasteiger charge is 2.20. The lowest BCUT2D eigenvalue weighted by atomic mass is 10.0. The normalized spacial score (nSPS) is 15.6. The highest BCUT2D eigenvalue weighted by molar-refractivity contribution is 5.76. The molecule has 3 N–H and O–H groups in total. The summed E-state index contributed by atoms with van der Waals surface area (Å²) in [6.07, 6.45) is 3.98. The van der Waals surface area contributed by atoms with Gasteiger partial charge in [-0.15, -0.1) is 0 Å². The SMILES string of the molecule is O=C(CCc1ccc(O)c(O)c1)NC1CCN(CCc2ccccc2)CC1. The van der Waals surface area contributed by atoms with Gasteiger partial charge in [0, 0.05) is 32.1 Å². The van der Waals surface area contributed by atoms with E-state index in [0.717, 1.165) is 44.5 Å². The van der Waals surface area contributed by atoms with Gasteiger partial charge in [-0.1, -0.05) is 36.4 Å². The number of aryl methyl sites for hydroxylation is 1. The van der Waals surface area contributed by atoms with Crippen molar-refractivity contribution in [3.63, 3.8) is 0 Å². The molecule has 0 saturated carbocycles. The number of amides is 1. The zero-order chi connectivity index (χ0) is 19.1. The molecule has 27 heavy (non-hydrogen) atoms. The van der Waals surface area contributed by atoms with E-state index in [1.54, 1.807) is 6.07 Å². The van der Waals surface area contributed by atoms with Crippen LogP contribution in [0.4, 0.5) is 0 Å². The summed E-state index contributed by atoms with van der Waals surface area (Å²) in [6.45, 7) is 3.10. The van der Waals surface area contributed by atoms with Gasteiger partial charge in [-0.3, -0.25) is 4.79 Å². The number of nitrogens with one attached hydrogen (secondary N) is 1. The highest BCUT2D eigenvalue weighted by atomic mass is 16.3. The van der Waals surface area contributed by atoms with Crippen molar-refractivity contribution < 1.29 is 15.0 Å². The van der Waals surface area contributed by atoms with Crippen molar-refractivity contribution in [2.24, 2.45) is 0 Å². The lowest BCUT2D eigenvalue weighted by Gasteiger charge is -2.32. The van der Waals surface area contributed by atoms with Gasteiger partial charge in [-0.25, -0.2) is 0 Å². The second kappa shape index (κ2) is 9.42. The first kappa shape index (κ1) is 19.2. The lowest BCUT2D eigenvalue weighted by Crippen LogP contribution is -2.45. The Bertz CT molecular complexity index is 740. The number of hydrogen-bond acceptors (Lipinski definition) is 4. The summed E-state index contributed by atoms with van der Waals surface area (Å²) in [4.78, 5) is 14.7. The fraction of sp³-hybridized carbons (Fsp3) is 0.409. The quantitative estimate of drug-likeness (QED) is 0.657. The molecular weight excluding hydrogens is 340 g/mol. The number of phenols is 2. The minimum atomic E-state index is -0.143. The fourth-order valence-corrected chi connectivity index (χ4v) is 3.52. The molecule has 0 aliphatic carbocycles. The maximum Gasteiger partial charge on any atom is 0.220 e. The van der Waals surface area contributed by atoms with Gasteiger partial charge in [0.2, 0.25) is 5.91 Å². The Labute approximate surface area is 160 Å². The van der Waals surface area contributed by atoms with Crippen LogP contribution in [0.2, 0.25) is 0 Å². The molecule has 1 amide bonds. The highest BCUT2D eigenvalue weighted by Crippen LogP contribution is 2.25. The minimum absolute atomic E-state index is 0.0466. The predicted octanol–water partition coefficient (Wildman–Crippen LogP) is 2.85. The average molecular weight is 368 g/mol. The van der Waals surface area contributed by atoms with Gasteiger partial charge >= 0.3 is 0 Å². The van der Waals surface area contributed by atoms with E-state index < -0.39 is 0 Å². The minimum Gasteiger partial charge on any atom is -0.504 e. The van der Waals surface area contributed by atoms with Crippen molar-refractivity contribution in [3.05, 3.63) is 59.7 Å². The van der Waals surface area contributed by atoms with Crippen LogP contribution in [0, 0.1) is 0 Å². The van der Waals surface area contributed by atoms with Gasteiger partial charge in [-0.2, -0.15) is 0 Å². The van der Waals surface area contributed by atoms with E-state index in [4.69, 9.17) is 0 Å². The van der Waals surface area contributed by atoms with E-state index in [2.05, 4.69) is 34.5 Å². The Kier molecular flexibility index (Phi) is 6.71. The Morgan fingerprint density at radius 1 is 0.963 bits per heavy atom. The maximum absolute atomic E-state index is 12.2. The molecule has 5 heteroatoms. The van der Waals surface area contributed by atoms with Crippen molar-refractivity contribution >= 4 is 5.91 Å².